The zero-order valence-electron chi connectivity index (χ0n) is 6.29. The fraction of sp³-hybridized carbons (Fsp3) is 0.714. The van der Waals surface area contributed by atoms with Crippen LogP contribution in [0.25, 0.3) is 0 Å². The van der Waals surface area contributed by atoms with Crippen molar-refractivity contribution < 1.29 is 4.39 Å². The molecule has 0 aliphatic heterocycles. The fourth-order valence-electron chi connectivity index (χ4n) is 0.380. The summed E-state index contributed by atoms with van der Waals surface area (Å²) in [6.07, 6.45) is 1.51. The van der Waals surface area contributed by atoms with Gasteiger partial charge < -0.3 is 0 Å². The minimum Gasteiger partial charge on any atom is -0.239 e. The van der Waals surface area contributed by atoms with E-state index in [1.807, 2.05) is 13.8 Å². The molecule has 0 aliphatic rings. The highest BCUT2D eigenvalue weighted by molar-refractivity contribution is 9.28. The van der Waals surface area contributed by atoms with E-state index < -0.39 is 5.67 Å². The van der Waals surface area contributed by atoms with Crippen molar-refractivity contribution in [2.45, 2.75) is 26.4 Å². The van der Waals surface area contributed by atoms with Crippen LogP contribution in [0, 0.1) is 5.92 Å². The molecule has 0 nitrogen and oxygen atoms in total. The van der Waals surface area contributed by atoms with Crippen LogP contribution < -0.4 is 0 Å². The molecule has 60 valence electrons. The maximum atomic E-state index is 13.3. The van der Waals surface area contributed by atoms with Crippen LogP contribution in [0.15, 0.2) is 9.47 Å². The molecule has 0 fully saturated rings. The number of allylic oxidation sites excluding steroid dienone is 1. The molecule has 0 aromatic carbocycles. The van der Waals surface area contributed by atoms with E-state index in [9.17, 15) is 4.39 Å². The van der Waals surface area contributed by atoms with Gasteiger partial charge in [0, 0.05) is 0 Å². The van der Waals surface area contributed by atoms with Gasteiger partial charge in [0.1, 0.15) is 5.67 Å². The predicted molar refractivity (Wildman–Crippen MR) is 50.3 cm³/mol. The van der Waals surface area contributed by atoms with E-state index in [4.69, 9.17) is 0 Å². The first-order chi connectivity index (χ1) is 4.36. The highest BCUT2D eigenvalue weighted by Gasteiger charge is 2.24. The monoisotopic (exact) mass is 272 g/mol. The summed E-state index contributed by atoms with van der Waals surface area (Å²) in [5, 5.41) is 0. The van der Waals surface area contributed by atoms with Crippen molar-refractivity contribution in [3.63, 3.8) is 0 Å². The van der Waals surface area contributed by atoms with Crippen LogP contribution >= 0.6 is 31.9 Å². The second-order valence-corrected chi connectivity index (χ2v) is 5.51. The predicted octanol–water partition coefficient (Wildman–Crippen LogP) is 4.00. The highest BCUT2D eigenvalue weighted by Crippen LogP contribution is 2.27. The number of alkyl halides is 1. The topological polar surface area (TPSA) is 0 Å². The Balaban J connectivity index is 4.27. The molecule has 3 heteroatoms. The van der Waals surface area contributed by atoms with Crippen molar-refractivity contribution in [3.8, 4) is 0 Å². The van der Waals surface area contributed by atoms with E-state index in [1.165, 1.54) is 6.08 Å². The molecule has 0 rings (SSSR count). The molecule has 0 saturated heterocycles. The smallest absolute Gasteiger partial charge is 0.130 e. The quantitative estimate of drug-likeness (QED) is 0.713. The summed E-state index contributed by atoms with van der Waals surface area (Å²) in [5.41, 5.74) is -1.23. The van der Waals surface area contributed by atoms with Crippen molar-refractivity contribution in [1.82, 2.24) is 0 Å². The van der Waals surface area contributed by atoms with Gasteiger partial charge in [0.25, 0.3) is 0 Å². The Morgan fingerprint density at radius 1 is 1.50 bits per heavy atom. The van der Waals surface area contributed by atoms with Crippen molar-refractivity contribution >= 4 is 31.9 Å². The minimum absolute atomic E-state index is 0.00222. The van der Waals surface area contributed by atoms with Gasteiger partial charge in [-0.05, 0) is 50.8 Å². The lowest BCUT2D eigenvalue weighted by atomic mass is 9.95. The molecule has 0 spiro atoms. The van der Waals surface area contributed by atoms with Crippen LogP contribution in [-0.4, -0.2) is 5.67 Å². The van der Waals surface area contributed by atoms with Crippen molar-refractivity contribution in [3.05, 3.63) is 9.47 Å². The zero-order valence-corrected chi connectivity index (χ0v) is 9.46. The number of rotatable bonds is 2. The van der Waals surface area contributed by atoms with Gasteiger partial charge in [-0.3, -0.25) is 0 Å². The molecule has 0 aliphatic carbocycles. The summed E-state index contributed by atoms with van der Waals surface area (Å²) in [7, 11) is 0. The third kappa shape index (κ3) is 3.71. The zero-order chi connectivity index (χ0) is 8.36. The van der Waals surface area contributed by atoms with E-state index in [1.54, 1.807) is 6.92 Å². The molecule has 0 saturated carbocycles. The second-order valence-electron chi connectivity index (χ2n) is 2.74. The highest BCUT2D eigenvalue weighted by atomic mass is 79.9. The van der Waals surface area contributed by atoms with E-state index in [-0.39, 0.29) is 5.92 Å². The maximum Gasteiger partial charge on any atom is 0.130 e. The first-order valence-corrected chi connectivity index (χ1v) is 4.67. The molecule has 0 aromatic heterocycles. The van der Waals surface area contributed by atoms with Gasteiger partial charge in [0.15, 0.2) is 0 Å². The van der Waals surface area contributed by atoms with E-state index in [2.05, 4.69) is 31.9 Å². The van der Waals surface area contributed by atoms with E-state index >= 15 is 0 Å². The van der Waals surface area contributed by atoms with Gasteiger partial charge in [0.05, 0.1) is 3.39 Å². The van der Waals surface area contributed by atoms with Crippen LogP contribution in [-0.2, 0) is 0 Å². The molecule has 0 amide bonds. The minimum atomic E-state index is -1.23. The van der Waals surface area contributed by atoms with Crippen LogP contribution in [0.1, 0.15) is 20.8 Å². The second kappa shape index (κ2) is 3.86. The summed E-state index contributed by atoms with van der Waals surface area (Å²) < 4.78 is 14.0. The van der Waals surface area contributed by atoms with Crippen LogP contribution in [0.4, 0.5) is 4.39 Å². The third-order valence-corrected chi connectivity index (χ3v) is 1.98. The van der Waals surface area contributed by atoms with Crippen LogP contribution in [0.5, 0.6) is 0 Å². The summed E-state index contributed by atoms with van der Waals surface area (Å²) in [6.45, 7) is 5.25. The molecule has 1 unspecified atom stereocenters. The Hall–Kier alpha value is 0.630. The summed E-state index contributed by atoms with van der Waals surface area (Å²) in [6, 6.07) is 0. The van der Waals surface area contributed by atoms with Crippen LogP contribution in [0.2, 0.25) is 0 Å². The van der Waals surface area contributed by atoms with Gasteiger partial charge in [-0.15, -0.1) is 0 Å². The number of hydrogen-bond acceptors (Lipinski definition) is 0. The average Bonchev–Trinajstić information content (AvgIpc) is 1.60. The number of hydrogen-bond donors (Lipinski definition) is 0. The van der Waals surface area contributed by atoms with E-state index in [0.29, 0.717) is 3.39 Å². The molecule has 10 heavy (non-hydrogen) atoms. The molecule has 0 bridgehead atoms. The lowest BCUT2D eigenvalue weighted by Crippen LogP contribution is -2.22. The van der Waals surface area contributed by atoms with Gasteiger partial charge in [-0.2, -0.15) is 0 Å². The lowest BCUT2D eigenvalue weighted by molar-refractivity contribution is 0.184. The van der Waals surface area contributed by atoms with Gasteiger partial charge in [0.2, 0.25) is 0 Å². The summed E-state index contributed by atoms with van der Waals surface area (Å²) in [5.74, 6) is -0.00222. The Labute approximate surface area is 78.1 Å². The number of halogens is 3. The molecule has 0 N–H and O–H groups in total. The Bertz CT molecular complexity index is 135. The van der Waals surface area contributed by atoms with Crippen molar-refractivity contribution in [2.75, 3.05) is 0 Å². The first kappa shape index (κ1) is 10.6. The maximum absolute atomic E-state index is 13.3. The molecular formula is C7H11Br2F. The van der Waals surface area contributed by atoms with Gasteiger partial charge in [-0.1, -0.05) is 13.8 Å². The third-order valence-electron chi connectivity index (χ3n) is 1.52. The lowest BCUT2D eigenvalue weighted by Gasteiger charge is -2.20. The molecule has 0 heterocycles. The molecular weight excluding hydrogens is 263 g/mol. The molecule has 0 radical (unpaired) electrons. The average molecular weight is 274 g/mol. The Morgan fingerprint density at radius 3 is 2.00 bits per heavy atom. The Morgan fingerprint density at radius 2 is 1.90 bits per heavy atom. The van der Waals surface area contributed by atoms with Crippen molar-refractivity contribution in [2.24, 2.45) is 5.92 Å². The molecule has 1 atom stereocenters. The largest absolute Gasteiger partial charge is 0.239 e. The summed E-state index contributed by atoms with van der Waals surface area (Å²) in [4.78, 5) is 0. The van der Waals surface area contributed by atoms with E-state index in [0.717, 1.165) is 0 Å². The van der Waals surface area contributed by atoms with Crippen molar-refractivity contribution in [1.29, 1.82) is 0 Å². The first-order valence-electron chi connectivity index (χ1n) is 3.09. The summed E-state index contributed by atoms with van der Waals surface area (Å²) >= 11 is 6.23. The Kier molecular flexibility index (Phi) is 4.10. The fourth-order valence-corrected chi connectivity index (χ4v) is 1.28. The normalized spacial score (nSPS) is 16.7. The van der Waals surface area contributed by atoms with Gasteiger partial charge in [-0.25, -0.2) is 4.39 Å². The van der Waals surface area contributed by atoms with Gasteiger partial charge >= 0.3 is 0 Å². The SMILES string of the molecule is CC(C)C(C)(F)C=C(Br)Br. The molecule has 0 aromatic rings. The standard InChI is InChI=1S/C7H11Br2F/c1-5(2)7(3,10)4-6(8)9/h4-5H,1-3H3. The van der Waals surface area contributed by atoms with Crippen LogP contribution in [0.3, 0.4) is 0 Å².